The number of benzene rings is 2. The van der Waals surface area contributed by atoms with Gasteiger partial charge < -0.3 is 5.32 Å². The molecule has 4 atom stereocenters. The smallest absolute Gasteiger partial charge is 0.243 e. The van der Waals surface area contributed by atoms with Crippen molar-refractivity contribution >= 4 is 18.1 Å². The first-order valence-electron chi connectivity index (χ1n) is 13.8. The highest BCUT2D eigenvalue weighted by Gasteiger charge is 2.47. The summed E-state index contributed by atoms with van der Waals surface area (Å²) in [6, 6.07) is 14.4. The number of nitrogens with one attached hydrogen (secondary N) is 2. The third-order valence-corrected chi connectivity index (χ3v) is 9.14. The van der Waals surface area contributed by atoms with Crippen LogP contribution < -0.4 is 10.6 Å². The highest BCUT2D eigenvalue weighted by molar-refractivity contribution is 6.00. The van der Waals surface area contributed by atoms with Crippen LogP contribution in [0.4, 0.5) is 0 Å². The van der Waals surface area contributed by atoms with Crippen molar-refractivity contribution in [3.63, 3.8) is 0 Å². The van der Waals surface area contributed by atoms with E-state index in [0.717, 1.165) is 48.6 Å². The van der Waals surface area contributed by atoms with Gasteiger partial charge in [-0.3, -0.25) is 24.6 Å². The molecule has 2 N–H and O–H groups in total. The number of likely N-dealkylation sites (N-methyl/N-ethyl adjacent to an activating group) is 1. The minimum absolute atomic E-state index is 0.217. The molecule has 1 saturated heterocycles. The van der Waals surface area contributed by atoms with E-state index >= 15 is 0 Å². The lowest BCUT2D eigenvalue weighted by atomic mass is 9.82. The third-order valence-electron chi connectivity index (χ3n) is 9.14. The molecule has 0 radical (unpaired) electrons. The minimum Gasteiger partial charge on any atom is -0.307 e. The fourth-order valence-electron chi connectivity index (χ4n) is 6.88. The number of hydrogen-bond acceptors (Lipinski definition) is 5. The molecule has 0 spiro atoms. The molecule has 2 amide bonds. The van der Waals surface area contributed by atoms with Crippen molar-refractivity contribution < 1.29 is 14.4 Å². The molecule has 6 heteroatoms. The lowest BCUT2D eigenvalue weighted by molar-refractivity contribution is -0.137. The van der Waals surface area contributed by atoms with E-state index in [1.54, 1.807) is 0 Å². The molecule has 37 heavy (non-hydrogen) atoms. The van der Waals surface area contributed by atoms with Gasteiger partial charge in [0.15, 0.2) is 0 Å². The van der Waals surface area contributed by atoms with Crippen LogP contribution in [0.25, 0.3) is 0 Å². The summed E-state index contributed by atoms with van der Waals surface area (Å²) in [5, 5.41) is 6.30. The Morgan fingerprint density at radius 3 is 2.51 bits per heavy atom. The van der Waals surface area contributed by atoms with Crippen molar-refractivity contribution in [3.05, 3.63) is 70.3 Å². The van der Waals surface area contributed by atoms with Crippen LogP contribution in [-0.2, 0) is 35.5 Å². The van der Waals surface area contributed by atoms with E-state index in [4.69, 9.17) is 0 Å². The van der Waals surface area contributed by atoms with Crippen molar-refractivity contribution in [2.24, 2.45) is 11.8 Å². The molecule has 1 aliphatic heterocycles. The van der Waals surface area contributed by atoms with E-state index < -0.39 is 0 Å². The number of aryl methyl sites for hydroxylation is 2. The first-order valence-corrected chi connectivity index (χ1v) is 13.8. The zero-order valence-electron chi connectivity index (χ0n) is 22.1. The summed E-state index contributed by atoms with van der Waals surface area (Å²) >= 11 is 0. The number of fused-ring (bicyclic) bond motifs is 2. The van der Waals surface area contributed by atoms with Crippen LogP contribution in [0.3, 0.4) is 0 Å². The molecule has 6 nitrogen and oxygen atoms in total. The van der Waals surface area contributed by atoms with Gasteiger partial charge in [-0.05, 0) is 86.6 Å². The van der Waals surface area contributed by atoms with E-state index in [1.165, 1.54) is 36.8 Å². The molecule has 2 aliphatic carbocycles. The number of carbonyl (C=O) groups is 3. The summed E-state index contributed by atoms with van der Waals surface area (Å²) in [5.41, 5.74) is 5.64. The van der Waals surface area contributed by atoms with Crippen molar-refractivity contribution in [2.45, 2.75) is 83.0 Å². The van der Waals surface area contributed by atoms with Crippen molar-refractivity contribution in [1.82, 2.24) is 15.5 Å². The molecule has 2 bridgehead atoms. The molecular formula is C31H39N3O3. The molecule has 3 aliphatic rings. The maximum Gasteiger partial charge on any atom is 0.243 e. The van der Waals surface area contributed by atoms with E-state index in [-0.39, 0.29) is 17.9 Å². The number of imide groups is 1. The van der Waals surface area contributed by atoms with Gasteiger partial charge in [-0.25, -0.2) is 0 Å². The molecule has 3 fully saturated rings. The predicted molar refractivity (Wildman–Crippen MR) is 144 cm³/mol. The molecule has 2 aromatic carbocycles. The molecule has 1 heterocycles. The zero-order chi connectivity index (χ0) is 26.0. The molecule has 4 unspecified atom stereocenters. The fraction of sp³-hybridized carbons (Fsp3) is 0.516. The van der Waals surface area contributed by atoms with Crippen LogP contribution in [0.15, 0.2) is 42.5 Å². The van der Waals surface area contributed by atoms with Crippen LogP contribution in [0.2, 0.25) is 0 Å². The van der Waals surface area contributed by atoms with E-state index in [9.17, 15) is 14.4 Å². The van der Waals surface area contributed by atoms with Gasteiger partial charge in [0.2, 0.25) is 11.8 Å². The fourth-order valence-corrected chi connectivity index (χ4v) is 6.88. The molecule has 2 saturated carbocycles. The summed E-state index contributed by atoms with van der Waals surface area (Å²) in [6.07, 6.45) is 8.96. The van der Waals surface area contributed by atoms with Crippen LogP contribution in [-0.4, -0.2) is 41.6 Å². The first-order chi connectivity index (χ1) is 17.8. The Morgan fingerprint density at radius 1 is 1.05 bits per heavy atom. The average Bonchev–Trinajstić information content (AvgIpc) is 3.48. The van der Waals surface area contributed by atoms with Crippen LogP contribution in [0, 0.1) is 11.8 Å². The van der Waals surface area contributed by atoms with E-state index in [1.807, 2.05) is 24.1 Å². The maximum absolute atomic E-state index is 12.3. The predicted octanol–water partition coefficient (Wildman–Crippen LogP) is 4.19. The summed E-state index contributed by atoms with van der Waals surface area (Å²) in [6.45, 7) is 3.81. The second-order valence-electron chi connectivity index (χ2n) is 11.7. The Morgan fingerprint density at radius 2 is 1.84 bits per heavy atom. The number of aldehydes is 1. The monoisotopic (exact) mass is 501 g/mol. The number of carbonyl (C=O) groups excluding carboxylic acids is 3. The number of rotatable bonds is 10. The Balaban J connectivity index is 1.20. The summed E-state index contributed by atoms with van der Waals surface area (Å²) in [7, 11) is 1.88. The van der Waals surface area contributed by atoms with Gasteiger partial charge in [0, 0.05) is 30.6 Å². The zero-order valence-corrected chi connectivity index (χ0v) is 22.1. The highest BCUT2D eigenvalue weighted by atomic mass is 16.2. The molecule has 5 rings (SSSR count). The van der Waals surface area contributed by atoms with Crippen molar-refractivity contribution in [2.75, 3.05) is 7.05 Å². The van der Waals surface area contributed by atoms with Crippen LogP contribution >= 0.6 is 0 Å². The Labute approximate surface area is 220 Å². The second kappa shape index (κ2) is 10.9. The summed E-state index contributed by atoms with van der Waals surface area (Å²) in [5.74, 6) is 1.29. The lowest BCUT2D eigenvalue weighted by Crippen LogP contribution is -2.51. The van der Waals surface area contributed by atoms with Crippen LogP contribution in [0.5, 0.6) is 0 Å². The van der Waals surface area contributed by atoms with E-state index in [2.05, 4.69) is 47.9 Å². The first kappa shape index (κ1) is 25.8. The summed E-state index contributed by atoms with van der Waals surface area (Å²) in [4.78, 5) is 37.7. The summed E-state index contributed by atoms with van der Waals surface area (Å²) < 4.78 is 0. The molecule has 2 aromatic rings. The Hall–Kier alpha value is -2.83. The van der Waals surface area contributed by atoms with Gasteiger partial charge >= 0.3 is 0 Å². The largest absolute Gasteiger partial charge is 0.307 e. The number of amides is 2. The standard InChI is InChI=1S/C31H39N3O3/c1-31(17-23-11-13-26(31)16-23)32-18-22-8-6-21(7-9-22)10-12-24-4-3-5-25(20-35)27(24)19-34(2)28-14-15-29(36)33-30(28)37/h3-9,20,23,26,28,32H,10-19H2,1-2H3,(H,33,36,37). The maximum atomic E-state index is 12.3. The van der Waals surface area contributed by atoms with Crippen molar-refractivity contribution in [3.8, 4) is 0 Å². The van der Waals surface area contributed by atoms with Gasteiger partial charge in [-0.15, -0.1) is 0 Å². The number of piperidine rings is 1. The average molecular weight is 502 g/mol. The Kier molecular flexibility index (Phi) is 7.59. The van der Waals surface area contributed by atoms with Gasteiger partial charge in [-0.1, -0.05) is 48.9 Å². The number of hydrogen-bond donors (Lipinski definition) is 2. The topological polar surface area (TPSA) is 78.5 Å². The molecule has 0 aromatic heterocycles. The van der Waals surface area contributed by atoms with Crippen molar-refractivity contribution in [1.29, 1.82) is 0 Å². The second-order valence-corrected chi connectivity index (χ2v) is 11.7. The normalized spacial score (nSPS) is 27.1. The van der Waals surface area contributed by atoms with E-state index in [0.29, 0.717) is 30.5 Å². The third kappa shape index (κ3) is 5.70. The van der Waals surface area contributed by atoms with Crippen LogP contribution in [0.1, 0.15) is 78.1 Å². The Bertz CT molecular complexity index is 1160. The molecular weight excluding hydrogens is 462 g/mol. The number of nitrogens with zero attached hydrogens (tertiary/aromatic N) is 1. The minimum atomic E-state index is -0.368. The quantitative estimate of drug-likeness (QED) is 0.377. The van der Waals surface area contributed by atoms with Gasteiger partial charge in [-0.2, -0.15) is 0 Å². The molecule has 196 valence electrons. The SMILES string of the molecule is CN(Cc1c(C=O)cccc1CCc1ccc(CNC2(C)CC3CCC2C3)cc1)C1CCC(=O)NC1=O. The lowest BCUT2D eigenvalue weighted by Gasteiger charge is -2.35. The van der Waals surface area contributed by atoms with Gasteiger partial charge in [0.1, 0.15) is 6.29 Å². The highest BCUT2D eigenvalue weighted by Crippen LogP contribution is 2.50. The van der Waals surface area contributed by atoms with Gasteiger partial charge in [0.05, 0.1) is 6.04 Å². The van der Waals surface area contributed by atoms with Gasteiger partial charge in [0.25, 0.3) is 0 Å².